The normalized spacial score (nSPS) is 11.5. The van der Waals surface area contributed by atoms with Gasteiger partial charge in [-0.1, -0.05) is 63.5 Å². The van der Waals surface area contributed by atoms with Crippen LogP contribution in [0.5, 0.6) is 0 Å². The van der Waals surface area contributed by atoms with E-state index in [1.165, 1.54) is 64.2 Å². The van der Waals surface area contributed by atoms with E-state index in [1.807, 2.05) is 12.2 Å². The van der Waals surface area contributed by atoms with Crippen molar-refractivity contribution in [3.05, 3.63) is 25.3 Å². The third kappa shape index (κ3) is 16.5. The molecule has 0 aliphatic carbocycles. The predicted octanol–water partition coefficient (Wildman–Crippen LogP) is 7.96. The lowest BCUT2D eigenvalue weighted by Crippen LogP contribution is -2.18. The minimum Gasteiger partial charge on any atom is -0.146 e. The summed E-state index contributed by atoms with van der Waals surface area (Å²) >= 11 is 13.1. The molecule has 0 amide bonds. The summed E-state index contributed by atoms with van der Waals surface area (Å²) < 4.78 is 0. The van der Waals surface area contributed by atoms with Gasteiger partial charge in [0.1, 0.15) is 0 Å². The smallest absolute Gasteiger partial charge is 0.146 e. The molecule has 0 atom stereocenters. The van der Waals surface area contributed by atoms with Gasteiger partial charge in [-0.25, -0.2) is 0 Å². The minimum absolute atomic E-state index is 1.08. The molecule has 0 spiro atoms. The van der Waals surface area contributed by atoms with Gasteiger partial charge in [0.05, 0.1) is 0 Å². The molecule has 0 saturated heterocycles. The van der Waals surface area contributed by atoms with Crippen molar-refractivity contribution >= 4 is 28.9 Å². The highest BCUT2D eigenvalue weighted by molar-refractivity contribution is 7.45. The highest BCUT2D eigenvalue weighted by Gasteiger charge is 2.26. The number of rotatable bonds is 16. The molecule has 0 saturated carbocycles. The van der Waals surface area contributed by atoms with Gasteiger partial charge < -0.3 is 0 Å². The van der Waals surface area contributed by atoms with E-state index in [9.17, 15) is 0 Å². The molecule has 21 heavy (non-hydrogen) atoms. The van der Waals surface area contributed by atoms with Crippen LogP contribution >= 0.6 is 22.2 Å². The van der Waals surface area contributed by atoms with Crippen molar-refractivity contribution in [1.29, 1.82) is 0 Å². The van der Waals surface area contributed by atoms with Crippen LogP contribution in [-0.2, 0) is 0 Å². The van der Waals surface area contributed by atoms with Gasteiger partial charge in [0.15, 0.2) is 0 Å². The second-order valence-corrected chi connectivity index (χ2v) is 13.7. The maximum Gasteiger partial charge on any atom is 0.251 e. The molecule has 0 radical (unpaired) electrons. The molecule has 0 heterocycles. The summed E-state index contributed by atoms with van der Waals surface area (Å²) in [6.07, 6.45) is 19.1. The Balaban J connectivity index is 3.38. The summed E-state index contributed by atoms with van der Waals surface area (Å²) in [6.45, 7) is 5.56. The van der Waals surface area contributed by atoms with Gasteiger partial charge in [0.2, 0.25) is 0 Å². The van der Waals surface area contributed by atoms with E-state index in [1.54, 1.807) is 0 Å². The van der Waals surface area contributed by atoms with E-state index in [0.717, 1.165) is 24.9 Å². The molecule has 0 aromatic heterocycles. The first-order valence-electron chi connectivity index (χ1n) is 8.72. The number of hydrogen-bond donors (Lipinski definition) is 0. The van der Waals surface area contributed by atoms with Crippen molar-refractivity contribution in [2.24, 2.45) is 0 Å². The van der Waals surface area contributed by atoms with Gasteiger partial charge in [-0.15, -0.1) is 35.3 Å². The Morgan fingerprint density at radius 2 is 0.905 bits per heavy atom. The minimum atomic E-state index is -1.94. The molecule has 3 heteroatoms. The first-order valence-corrected chi connectivity index (χ1v) is 13.2. The fourth-order valence-corrected chi connectivity index (χ4v) is 5.92. The van der Waals surface area contributed by atoms with Crippen LogP contribution in [0.4, 0.5) is 0 Å². The summed E-state index contributed by atoms with van der Waals surface area (Å²) in [7, 11) is 0. The van der Waals surface area contributed by atoms with E-state index in [4.69, 9.17) is 22.2 Å². The molecule has 0 N–H and O–H groups in total. The zero-order valence-electron chi connectivity index (χ0n) is 13.7. The maximum atomic E-state index is 6.54. The second-order valence-electron chi connectivity index (χ2n) is 6.05. The largest absolute Gasteiger partial charge is 0.251 e. The van der Waals surface area contributed by atoms with Crippen LogP contribution in [0.2, 0.25) is 12.1 Å². The number of hydrogen-bond acceptors (Lipinski definition) is 0. The van der Waals surface area contributed by atoms with E-state index in [-0.39, 0.29) is 0 Å². The highest BCUT2D eigenvalue weighted by Crippen LogP contribution is 2.30. The molecule has 0 rings (SSSR count). The van der Waals surface area contributed by atoms with E-state index >= 15 is 0 Å². The molecular weight excluding hydrogens is 315 g/mol. The number of halogens is 2. The molecule has 0 bridgehead atoms. The highest BCUT2D eigenvalue weighted by atomic mass is 35.7. The van der Waals surface area contributed by atoms with E-state index in [2.05, 4.69) is 13.2 Å². The average Bonchev–Trinajstić information content (AvgIpc) is 2.45. The standard InChI is InChI=1S/C18H34Cl2Si/c1-3-5-7-9-11-13-15-17-21(19,20)18-16-14-12-10-8-6-4-2/h3-4H,1-2,5-18H2. The van der Waals surface area contributed by atoms with E-state index in [0.29, 0.717) is 0 Å². The lowest BCUT2D eigenvalue weighted by Gasteiger charge is -2.16. The van der Waals surface area contributed by atoms with Crippen molar-refractivity contribution in [1.82, 2.24) is 0 Å². The van der Waals surface area contributed by atoms with E-state index < -0.39 is 6.69 Å². The van der Waals surface area contributed by atoms with Crippen LogP contribution in [0, 0.1) is 0 Å². The monoisotopic (exact) mass is 348 g/mol. The van der Waals surface area contributed by atoms with Gasteiger partial charge in [0.25, 0.3) is 6.69 Å². The molecule has 0 nitrogen and oxygen atoms in total. The summed E-state index contributed by atoms with van der Waals surface area (Å²) in [5, 5.41) is 0. The van der Waals surface area contributed by atoms with Crippen LogP contribution < -0.4 is 0 Å². The fourth-order valence-electron chi connectivity index (χ4n) is 2.53. The van der Waals surface area contributed by atoms with Gasteiger partial charge >= 0.3 is 0 Å². The van der Waals surface area contributed by atoms with Gasteiger partial charge in [-0.2, -0.15) is 0 Å². The Labute approximate surface area is 143 Å². The quantitative estimate of drug-likeness (QED) is 0.115. The van der Waals surface area contributed by atoms with Crippen molar-refractivity contribution in [3.63, 3.8) is 0 Å². The topological polar surface area (TPSA) is 0 Å². The van der Waals surface area contributed by atoms with Crippen molar-refractivity contribution in [3.8, 4) is 0 Å². The molecule has 0 fully saturated rings. The summed E-state index contributed by atoms with van der Waals surface area (Å²) in [6, 6.07) is 2.15. The lowest BCUT2D eigenvalue weighted by atomic mass is 10.1. The van der Waals surface area contributed by atoms with Gasteiger partial charge in [-0.05, 0) is 37.8 Å². The first kappa shape index (κ1) is 21.3. The lowest BCUT2D eigenvalue weighted by molar-refractivity contribution is 0.629. The molecule has 0 aliphatic heterocycles. The molecule has 124 valence electrons. The maximum absolute atomic E-state index is 6.54. The Morgan fingerprint density at radius 3 is 1.29 bits per heavy atom. The number of allylic oxidation sites excluding steroid dienone is 2. The van der Waals surface area contributed by atoms with Crippen LogP contribution in [0.15, 0.2) is 25.3 Å². The van der Waals surface area contributed by atoms with Crippen molar-refractivity contribution < 1.29 is 0 Å². The number of unbranched alkanes of at least 4 members (excludes halogenated alkanes) is 10. The zero-order valence-corrected chi connectivity index (χ0v) is 16.2. The molecule has 0 aromatic rings. The zero-order chi connectivity index (χ0) is 15.8. The van der Waals surface area contributed by atoms with Crippen LogP contribution in [0.25, 0.3) is 0 Å². The Morgan fingerprint density at radius 1 is 0.571 bits per heavy atom. The Kier molecular flexibility index (Phi) is 15.4. The third-order valence-corrected chi connectivity index (χ3v) is 8.34. The Bertz CT molecular complexity index is 228. The molecular formula is C18H34Cl2Si. The van der Waals surface area contributed by atoms with Gasteiger partial charge in [0, 0.05) is 0 Å². The SMILES string of the molecule is C=CCCCCCCC[Si](Cl)(Cl)CCCCCCCC=C. The average molecular weight is 349 g/mol. The summed E-state index contributed by atoms with van der Waals surface area (Å²) in [5.41, 5.74) is 0. The second kappa shape index (κ2) is 15.2. The summed E-state index contributed by atoms with van der Waals surface area (Å²) in [5.74, 6) is 0. The van der Waals surface area contributed by atoms with Gasteiger partial charge in [-0.3, -0.25) is 0 Å². The summed E-state index contributed by atoms with van der Waals surface area (Å²) in [4.78, 5) is 0. The van der Waals surface area contributed by atoms with Crippen LogP contribution in [0.1, 0.15) is 77.0 Å². The Hall–Kier alpha value is 0.277. The van der Waals surface area contributed by atoms with Crippen molar-refractivity contribution in [2.75, 3.05) is 0 Å². The van der Waals surface area contributed by atoms with Crippen molar-refractivity contribution in [2.45, 2.75) is 89.1 Å². The fraction of sp³-hybridized carbons (Fsp3) is 0.778. The van der Waals surface area contributed by atoms with Crippen LogP contribution in [0.3, 0.4) is 0 Å². The predicted molar refractivity (Wildman–Crippen MR) is 103 cm³/mol. The molecule has 0 aromatic carbocycles. The molecule has 0 unspecified atom stereocenters. The third-order valence-electron chi connectivity index (χ3n) is 3.90. The van der Waals surface area contributed by atoms with Crippen LogP contribution in [-0.4, -0.2) is 6.69 Å². The first-order chi connectivity index (χ1) is 10.1. The molecule has 0 aliphatic rings.